The van der Waals surface area contributed by atoms with E-state index in [1.807, 2.05) is 6.20 Å². The van der Waals surface area contributed by atoms with Gasteiger partial charge in [-0.3, -0.25) is 4.98 Å². The van der Waals surface area contributed by atoms with Crippen molar-refractivity contribution in [3.63, 3.8) is 0 Å². The minimum Gasteiger partial charge on any atom is -0.330 e. The van der Waals surface area contributed by atoms with E-state index in [9.17, 15) is 0 Å². The van der Waals surface area contributed by atoms with Crippen LogP contribution in [-0.2, 0) is 12.8 Å². The summed E-state index contributed by atoms with van der Waals surface area (Å²) in [6, 6.07) is 6.89. The molecule has 1 heterocycles. The topological polar surface area (TPSA) is 38.9 Å². The van der Waals surface area contributed by atoms with Crippen molar-refractivity contribution < 1.29 is 0 Å². The van der Waals surface area contributed by atoms with Crippen LogP contribution in [0, 0.1) is 12.8 Å². The van der Waals surface area contributed by atoms with Gasteiger partial charge >= 0.3 is 0 Å². The van der Waals surface area contributed by atoms with Gasteiger partial charge in [-0.05, 0) is 95.4 Å². The molecule has 1 aliphatic carbocycles. The van der Waals surface area contributed by atoms with Crippen LogP contribution >= 0.6 is 31.9 Å². The van der Waals surface area contributed by atoms with Gasteiger partial charge in [-0.2, -0.15) is 0 Å². The first kappa shape index (κ1) is 20.0. The molecular weight excluding hydrogens is 452 g/mol. The number of pyridine rings is 1. The second-order valence-corrected chi connectivity index (χ2v) is 9.24. The summed E-state index contributed by atoms with van der Waals surface area (Å²) in [5.74, 6) is 0.851. The van der Waals surface area contributed by atoms with Crippen LogP contribution in [0.25, 0.3) is 0 Å². The number of unbranched alkanes of at least 4 members (excludes halogenated alkanes) is 1. The van der Waals surface area contributed by atoms with Gasteiger partial charge in [0.05, 0.1) is 5.69 Å². The summed E-state index contributed by atoms with van der Waals surface area (Å²) < 4.78 is 2.30. The van der Waals surface area contributed by atoms with E-state index in [0.29, 0.717) is 11.8 Å². The summed E-state index contributed by atoms with van der Waals surface area (Å²) in [6.07, 6.45) is 8.78. The van der Waals surface area contributed by atoms with E-state index in [4.69, 9.17) is 10.7 Å². The summed E-state index contributed by atoms with van der Waals surface area (Å²) in [4.78, 5) is 4.93. The number of aromatic nitrogens is 1. The van der Waals surface area contributed by atoms with Crippen molar-refractivity contribution >= 4 is 31.9 Å². The Balaban J connectivity index is 2.18. The molecule has 0 radical (unpaired) electrons. The van der Waals surface area contributed by atoms with Crippen molar-refractivity contribution in [3.05, 3.63) is 61.3 Å². The quantitative estimate of drug-likeness (QED) is 0.527. The van der Waals surface area contributed by atoms with Gasteiger partial charge in [0, 0.05) is 21.1 Å². The normalized spacial score (nSPS) is 17.3. The third-order valence-electron chi connectivity index (χ3n) is 5.53. The molecule has 2 nitrogen and oxygen atoms in total. The van der Waals surface area contributed by atoms with E-state index in [1.165, 1.54) is 51.7 Å². The highest BCUT2D eigenvalue weighted by Gasteiger charge is 2.32. The van der Waals surface area contributed by atoms with Crippen LogP contribution in [0.2, 0.25) is 0 Å². The summed E-state index contributed by atoms with van der Waals surface area (Å²) >= 11 is 7.51. The van der Waals surface area contributed by atoms with Gasteiger partial charge in [-0.25, -0.2) is 0 Å². The lowest BCUT2D eigenvalue weighted by atomic mass is 9.77. The van der Waals surface area contributed by atoms with Gasteiger partial charge in [-0.15, -0.1) is 0 Å². The number of nitrogens with zero attached hydrogens (tertiary/aromatic N) is 1. The van der Waals surface area contributed by atoms with E-state index < -0.39 is 0 Å². The van der Waals surface area contributed by atoms with E-state index in [-0.39, 0.29) is 0 Å². The molecule has 0 amide bonds. The van der Waals surface area contributed by atoms with Crippen molar-refractivity contribution in [1.82, 2.24) is 4.98 Å². The fraction of sp³-hybridized carbons (Fsp3) is 0.500. The molecule has 0 fully saturated rings. The first-order valence-electron chi connectivity index (χ1n) is 9.68. The Kier molecular flexibility index (Phi) is 6.92. The molecular formula is C22H28Br2N2. The highest BCUT2D eigenvalue weighted by Crippen LogP contribution is 2.45. The maximum Gasteiger partial charge on any atom is 0.0514 e. The maximum absolute atomic E-state index is 6.03. The molecule has 0 bridgehead atoms. The monoisotopic (exact) mass is 478 g/mol. The van der Waals surface area contributed by atoms with Gasteiger partial charge in [-0.1, -0.05) is 41.8 Å². The third-order valence-corrected chi connectivity index (χ3v) is 6.62. The Labute approximate surface area is 174 Å². The van der Waals surface area contributed by atoms with E-state index >= 15 is 0 Å². The van der Waals surface area contributed by atoms with Crippen LogP contribution < -0.4 is 5.73 Å². The number of aryl methyl sites for hydroxylation is 3. The van der Waals surface area contributed by atoms with Crippen molar-refractivity contribution in [2.24, 2.45) is 11.7 Å². The number of hydrogen-bond acceptors (Lipinski definition) is 2. The molecule has 26 heavy (non-hydrogen) atoms. The molecule has 3 rings (SSSR count). The summed E-state index contributed by atoms with van der Waals surface area (Å²) in [7, 11) is 0. The van der Waals surface area contributed by atoms with Crippen LogP contribution in [0.5, 0.6) is 0 Å². The SMILES string of the molecule is CCCCC(CCN)C1c2ncc(Br)cc2CCc2cc(C)cc(Br)c21. The zero-order valence-corrected chi connectivity index (χ0v) is 18.9. The predicted octanol–water partition coefficient (Wildman–Crippen LogP) is 6.30. The van der Waals surface area contributed by atoms with E-state index in [2.05, 4.69) is 63.9 Å². The van der Waals surface area contributed by atoms with Gasteiger partial charge < -0.3 is 5.73 Å². The molecule has 140 valence electrons. The zero-order chi connectivity index (χ0) is 18.7. The predicted molar refractivity (Wildman–Crippen MR) is 117 cm³/mol. The van der Waals surface area contributed by atoms with Crippen LogP contribution in [0.1, 0.15) is 66.5 Å². The number of nitrogens with two attached hydrogens (primary N) is 1. The smallest absolute Gasteiger partial charge is 0.0514 e. The molecule has 2 N–H and O–H groups in total. The number of halogens is 2. The van der Waals surface area contributed by atoms with Crippen molar-refractivity contribution in [2.45, 2.75) is 58.3 Å². The molecule has 1 aromatic heterocycles. The van der Waals surface area contributed by atoms with E-state index in [0.717, 1.165) is 30.3 Å². The number of hydrogen-bond donors (Lipinski definition) is 1. The second-order valence-electron chi connectivity index (χ2n) is 7.47. The average Bonchev–Trinajstić information content (AvgIpc) is 2.75. The Morgan fingerprint density at radius 2 is 1.92 bits per heavy atom. The molecule has 0 aliphatic heterocycles. The fourth-order valence-electron chi connectivity index (χ4n) is 4.38. The van der Waals surface area contributed by atoms with Gasteiger partial charge in [0.15, 0.2) is 0 Å². The van der Waals surface area contributed by atoms with Crippen molar-refractivity contribution in [2.75, 3.05) is 6.54 Å². The van der Waals surface area contributed by atoms with Gasteiger partial charge in [0.2, 0.25) is 0 Å². The first-order valence-corrected chi connectivity index (χ1v) is 11.3. The minimum absolute atomic E-state index is 0.320. The molecule has 0 spiro atoms. The zero-order valence-electron chi connectivity index (χ0n) is 15.7. The maximum atomic E-state index is 6.03. The molecule has 2 atom stereocenters. The van der Waals surface area contributed by atoms with Crippen LogP contribution in [0.3, 0.4) is 0 Å². The molecule has 0 saturated carbocycles. The standard InChI is InChI=1S/C22H28Br2N2/c1-3-4-5-15(8-9-25)21-20-16(10-14(2)11-19(20)24)6-7-17-12-18(23)13-26-22(17)21/h10-13,15,21H,3-9,25H2,1-2H3. The van der Waals surface area contributed by atoms with Crippen LogP contribution in [0.15, 0.2) is 33.3 Å². The Hall–Kier alpha value is -0.710. The van der Waals surface area contributed by atoms with Gasteiger partial charge in [0.25, 0.3) is 0 Å². The first-order chi connectivity index (χ1) is 12.5. The molecule has 2 aromatic rings. The van der Waals surface area contributed by atoms with Gasteiger partial charge in [0.1, 0.15) is 0 Å². The fourth-order valence-corrected chi connectivity index (χ4v) is 5.62. The largest absolute Gasteiger partial charge is 0.330 e. The van der Waals surface area contributed by atoms with Crippen LogP contribution in [-0.4, -0.2) is 11.5 Å². The third kappa shape index (κ3) is 4.23. The lowest BCUT2D eigenvalue weighted by molar-refractivity contribution is 0.390. The number of fused-ring (bicyclic) bond motifs is 2. The second kappa shape index (κ2) is 8.99. The lowest BCUT2D eigenvalue weighted by Gasteiger charge is -2.30. The van der Waals surface area contributed by atoms with Crippen LogP contribution in [0.4, 0.5) is 0 Å². The Morgan fingerprint density at radius 3 is 2.65 bits per heavy atom. The van der Waals surface area contributed by atoms with Crippen molar-refractivity contribution in [3.8, 4) is 0 Å². The highest BCUT2D eigenvalue weighted by molar-refractivity contribution is 9.10. The molecule has 2 unspecified atom stereocenters. The molecule has 4 heteroatoms. The minimum atomic E-state index is 0.320. The summed E-state index contributed by atoms with van der Waals surface area (Å²) in [6.45, 7) is 5.18. The summed E-state index contributed by atoms with van der Waals surface area (Å²) in [5.41, 5.74) is 12.9. The highest BCUT2D eigenvalue weighted by atomic mass is 79.9. The van der Waals surface area contributed by atoms with Crippen molar-refractivity contribution in [1.29, 1.82) is 0 Å². The Morgan fingerprint density at radius 1 is 1.15 bits per heavy atom. The number of rotatable bonds is 6. The number of benzene rings is 1. The van der Waals surface area contributed by atoms with E-state index in [1.54, 1.807) is 0 Å². The summed E-state index contributed by atoms with van der Waals surface area (Å²) in [5, 5.41) is 0. The average molecular weight is 480 g/mol. The molecule has 0 saturated heterocycles. The molecule has 1 aliphatic rings. The lowest BCUT2D eigenvalue weighted by Crippen LogP contribution is -2.21. The Bertz CT molecular complexity index is 773. The molecule has 1 aromatic carbocycles.